The molecular weight excluding hydrogens is 344 g/mol. The second-order valence-electron chi connectivity index (χ2n) is 8.15. The zero-order valence-electron chi connectivity index (χ0n) is 15.5. The highest BCUT2D eigenvalue weighted by atomic mass is 16.4. The average Bonchev–Trinajstić information content (AvgIpc) is 3.28. The molecule has 1 saturated heterocycles. The first-order valence-electron chi connectivity index (χ1n) is 9.96. The Morgan fingerprint density at radius 2 is 1.81 bits per heavy atom. The molecule has 2 N–H and O–H groups in total. The number of hydrogen-bond donors (Lipinski definition) is 2. The van der Waals surface area contributed by atoms with Crippen molar-refractivity contribution in [3.05, 3.63) is 29.3 Å². The third-order valence-electron chi connectivity index (χ3n) is 6.37. The van der Waals surface area contributed by atoms with Crippen LogP contribution in [-0.4, -0.2) is 35.0 Å². The number of benzene rings is 1. The molecule has 2 amide bonds. The van der Waals surface area contributed by atoms with Gasteiger partial charge in [0.05, 0.1) is 5.92 Å². The summed E-state index contributed by atoms with van der Waals surface area (Å²) in [5.41, 5.74) is 2.32. The largest absolute Gasteiger partial charge is 0.480 e. The minimum Gasteiger partial charge on any atom is -0.480 e. The van der Waals surface area contributed by atoms with E-state index >= 15 is 0 Å². The van der Waals surface area contributed by atoms with Crippen LogP contribution in [0.15, 0.2) is 18.2 Å². The molecule has 0 aromatic heterocycles. The van der Waals surface area contributed by atoms with Crippen LogP contribution in [0.4, 0.5) is 5.69 Å². The quantitative estimate of drug-likeness (QED) is 0.852. The summed E-state index contributed by atoms with van der Waals surface area (Å²) in [6, 6.07) is 6.11. The lowest BCUT2D eigenvalue weighted by Gasteiger charge is -2.34. The van der Waals surface area contributed by atoms with Gasteiger partial charge in [-0.1, -0.05) is 25.3 Å². The second-order valence-corrected chi connectivity index (χ2v) is 8.15. The van der Waals surface area contributed by atoms with Crippen LogP contribution in [-0.2, 0) is 27.2 Å². The van der Waals surface area contributed by atoms with Gasteiger partial charge in [0.2, 0.25) is 11.8 Å². The standard InChI is InChI=1S/C21H26N2O4/c24-18-12-16(19(25)22-21(20(26)27)9-2-1-3-10-21)13-23(18)17-8-7-14-5-4-6-15(14)11-17/h7-8,11,16H,1-6,9-10,12-13H2,(H,22,25)(H,26,27)/t16-/m0/s1. The van der Waals surface area contributed by atoms with Gasteiger partial charge in [-0.15, -0.1) is 0 Å². The zero-order valence-corrected chi connectivity index (χ0v) is 15.5. The van der Waals surface area contributed by atoms with Crippen molar-refractivity contribution in [3.63, 3.8) is 0 Å². The van der Waals surface area contributed by atoms with Gasteiger partial charge in [0.25, 0.3) is 0 Å². The molecule has 1 saturated carbocycles. The number of amides is 2. The fourth-order valence-electron chi connectivity index (χ4n) is 4.74. The average molecular weight is 370 g/mol. The maximum atomic E-state index is 12.8. The Hall–Kier alpha value is -2.37. The van der Waals surface area contributed by atoms with Crippen LogP contribution in [0.5, 0.6) is 0 Å². The van der Waals surface area contributed by atoms with E-state index in [1.165, 1.54) is 11.1 Å². The molecule has 1 aromatic rings. The van der Waals surface area contributed by atoms with Crippen LogP contribution < -0.4 is 10.2 Å². The lowest BCUT2D eigenvalue weighted by atomic mass is 9.81. The first kappa shape index (κ1) is 18.0. The predicted octanol–water partition coefficient (Wildman–Crippen LogP) is 2.43. The first-order chi connectivity index (χ1) is 13.0. The highest BCUT2D eigenvalue weighted by molar-refractivity contribution is 6.01. The van der Waals surface area contributed by atoms with Crippen molar-refractivity contribution >= 4 is 23.5 Å². The molecule has 27 heavy (non-hydrogen) atoms. The maximum Gasteiger partial charge on any atom is 0.329 e. The number of fused-ring (bicyclic) bond motifs is 1. The van der Waals surface area contributed by atoms with Crippen LogP contribution >= 0.6 is 0 Å². The van der Waals surface area contributed by atoms with E-state index < -0.39 is 17.4 Å². The molecule has 1 atom stereocenters. The smallest absolute Gasteiger partial charge is 0.329 e. The Bertz CT molecular complexity index is 782. The van der Waals surface area contributed by atoms with Crippen LogP contribution in [0.25, 0.3) is 0 Å². The highest BCUT2D eigenvalue weighted by Gasteiger charge is 2.44. The van der Waals surface area contributed by atoms with Crippen molar-refractivity contribution in [3.8, 4) is 0 Å². The molecule has 1 heterocycles. The van der Waals surface area contributed by atoms with Crippen molar-refractivity contribution in [1.29, 1.82) is 0 Å². The van der Waals surface area contributed by atoms with E-state index in [0.717, 1.165) is 44.2 Å². The number of carboxylic acid groups (broad SMARTS) is 1. The molecule has 2 aliphatic carbocycles. The fourth-order valence-corrected chi connectivity index (χ4v) is 4.74. The van der Waals surface area contributed by atoms with Crippen molar-refractivity contribution in [2.45, 2.75) is 63.3 Å². The van der Waals surface area contributed by atoms with Gasteiger partial charge >= 0.3 is 5.97 Å². The Kier molecular flexibility index (Phi) is 4.66. The molecule has 3 aliphatic rings. The lowest BCUT2D eigenvalue weighted by Crippen LogP contribution is -2.57. The second kappa shape index (κ2) is 6.98. The molecule has 6 heteroatoms. The molecule has 0 spiro atoms. The van der Waals surface area contributed by atoms with Gasteiger partial charge in [0.1, 0.15) is 5.54 Å². The number of nitrogens with zero attached hydrogens (tertiary/aromatic N) is 1. The van der Waals surface area contributed by atoms with Gasteiger partial charge in [0, 0.05) is 18.7 Å². The van der Waals surface area contributed by atoms with E-state index in [1.807, 2.05) is 6.07 Å². The van der Waals surface area contributed by atoms with Crippen molar-refractivity contribution in [2.24, 2.45) is 5.92 Å². The number of carboxylic acids is 1. The SMILES string of the molecule is O=C(NC1(C(=O)O)CCCCC1)[C@H]1CC(=O)N(c2ccc3c(c2)CCC3)C1. The van der Waals surface area contributed by atoms with Gasteiger partial charge in [-0.05, 0) is 55.4 Å². The molecule has 1 aromatic carbocycles. The Morgan fingerprint density at radius 3 is 2.56 bits per heavy atom. The Labute approximate surface area is 158 Å². The number of rotatable bonds is 4. The van der Waals surface area contributed by atoms with Gasteiger partial charge in [0.15, 0.2) is 0 Å². The van der Waals surface area contributed by atoms with Crippen LogP contribution in [0, 0.1) is 5.92 Å². The van der Waals surface area contributed by atoms with E-state index in [-0.39, 0.29) is 18.2 Å². The zero-order chi connectivity index (χ0) is 19.0. The molecule has 4 rings (SSSR count). The van der Waals surface area contributed by atoms with Crippen LogP contribution in [0.2, 0.25) is 0 Å². The van der Waals surface area contributed by atoms with E-state index in [4.69, 9.17) is 0 Å². The summed E-state index contributed by atoms with van der Waals surface area (Å²) < 4.78 is 0. The maximum absolute atomic E-state index is 12.8. The molecule has 1 aliphatic heterocycles. The summed E-state index contributed by atoms with van der Waals surface area (Å²) in [6.07, 6.45) is 6.94. The number of aryl methyl sites for hydroxylation is 2. The fraction of sp³-hybridized carbons (Fsp3) is 0.571. The number of nitrogens with one attached hydrogen (secondary N) is 1. The van der Waals surface area contributed by atoms with Gasteiger partial charge in [-0.25, -0.2) is 4.79 Å². The van der Waals surface area contributed by atoms with Crippen molar-refractivity contribution < 1.29 is 19.5 Å². The molecule has 6 nitrogen and oxygen atoms in total. The number of carbonyl (C=O) groups is 3. The third-order valence-corrected chi connectivity index (χ3v) is 6.37. The molecule has 2 fully saturated rings. The normalized spacial score (nSPS) is 23.9. The highest BCUT2D eigenvalue weighted by Crippen LogP contribution is 2.32. The van der Waals surface area contributed by atoms with Gasteiger partial charge in [-0.3, -0.25) is 9.59 Å². The van der Waals surface area contributed by atoms with Crippen LogP contribution in [0.1, 0.15) is 56.1 Å². The molecule has 144 valence electrons. The number of hydrogen-bond acceptors (Lipinski definition) is 3. The number of carbonyl (C=O) groups excluding carboxylic acids is 2. The number of aliphatic carboxylic acids is 1. The van der Waals surface area contributed by atoms with Crippen LogP contribution in [0.3, 0.4) is 0 Å². The third kappa shape index (κ3) is 3.33. The lowest BCUT2D eigenvalue weighted by molar-refractivity contribution is -0.149. The molecule has 0 bridgehead atoms. The molecule has 0 radical (unpaired) electrons. The summed E-state index contributed by atoms with van der Waals surface area (Å²) in [5, 5.41) is 12.5. The van der Waals surface area contributed by atoms with E-state index in [9.17, 15) is 19.5 Å². The van der Waals surface area contributed by atoms with Crippen molar-refractivity contribution in [2.75, 3.05) is 11.4 Å². The van der Waals surface area contributed by atoms with E-state index in [1.54, 1.807) is 4.90 Å². The minimum absolute atomic E-state index is 0.0684. The van der Waals surface area contributed by atoms with Crippen molar-refractivity contribution in [1.82, 2.24) is 5.32 Å². The first-order valence-corrected chi connectivity index (χ1v) is 9.96. The molecule has 0 unspecified atom stereocenters. The van der Waals surface area contributed by atoms with Gasteiger partial charge < -0.3 is 15.3 Å². The monoisotopic (exact) mass is 370 g/mol. The van der Waals surface area contributed by atoms with Gasteiger partial charge in [-0.2, -0.15) is 0 Å². The Morgan fingerprint density at radius 1 is 1.07 bits per heavy atom. The minimum atomic E-state index is -1.17. The predicted molar refractivity (Wildman–Crippen MR) is 101 cm³/mol. The summed E-state index contributed by atoms with van der Waals surface area (Å²) >= 11 is 0. The summed E-state index contributed by atoms with van der Waals surface area (Å²) in [6.45, 7) is 0.319. The number of anilines is 1. The summed E-state index contributed by atoms with van der Waals surface area (Å²) in [5.74, 6) is -1.84. The topological polar surface area (TPSA) is 86.7 Å². The molecular formula is C21H26N2O4. The summed E-state index contributed by atoms with van der Waals surface area (Å²) in [7, 11) is 0. The van der Waals surface area contributed by atoms with E-state index in [0.29, 0.717) is 19.4 Å². The Balaban J connectivity index is 1.47. The summed E-state index contributed by atoms with van der Waals surface area (Å²) in [4.78, 5) is 38.8. The van der Waals surface area contributed by atoms with E-state index in [2.05, 4.69) is 17.4 Å².